The lowest BCUT2D eigenvalue weighted by Gasteiger charge is -2.17. The summed E-state index contributed by atoms with van der Waals surface area (Å²) in [5.41, 5.74) is 0.737. The second-order valence-corrected chi connectivity index (χ2v) is 7.27. The highest BCUT2D eigenvalue weighted by Gasteiger charge is 2.47. The fourth-order valence-corrected chi connectivity index (χ4v) is 3.61. The van der Waals surface area contributed by atoms with Crippen LogP contribution in [0.4, 0.5) is 0 Å². The van der Waals surface area contributed by atoms with Gasteiger partial charge in [-0.25, -0.2) is 0 Å². The van der Waals surface area contributed by atoms with Gasteiger partial charge < -0.3 is 10.1 Å². The molecule has 3 rings (SSSR count). The molecule has 1 aromatic rings. The molecule has 148 valence electrons. The standard InChI is InChI=1S/C20H21ClN2O5/c1-12(18(25)22-10-13-6-2-5-9-16(13)21)28-17(24)11-23-19(26)14-7-3-4-8-15(14)20(23)27/h2-6,9,12,14-15H,7-8,10-11H2,1H3,(H,22,25)/t12-,14-,15+/m1/s1. The second-order valence-electron chi connectivity index (χ2n) is 6.86. The molecule has 28 heavy (non-hydrogen) atoms. The van der Waals surface area contributed by atoms with Crippen LogP contribution in [0.15, 0.2) is 36.4 Å². The largest absolute Gasteiger partial charge is 0.451 e. The molecule has 2 aliphatic rings. The molecule has 0 spiro atoms. The maximum Gasteiger partial charge on any atom is 0.326 e. The van der Waals surface area contributed by atoms with Crippen LogP contribution in [-0.4, -0.2) is 41.2 Å². The Morgan fingerprint density at radius 3 is 2.39 bits per heavy atom. The van der Waals surface area contributed by atoms with Crippen molar-refractivity contribution in [3.05, 3.63) is 47.0 Å². The number of hydrogen-bond acceptors (Lipinski definition) is 5. The molecule has 1 aliphatic carbocycles. The number of fused-ring (bicyclic) bond motifs is 1. The summed E-state index contributed by atoms with van der Waals surface area (Å²) >= 11 is 6.04. The molecule has 1 fully saturated rings. The fourth-order valence-electron chi connectivity index (χ4n) is 3.41. The SMILES string of the molecule is C[C@@H](OC(=O)CN1C(=O)[C@H]2CC=CC[C@H]2C1=O)C(=O)NCc1ccccc1Cl. The summed E-state index contributed by atoms with van der Waals surface area (Å²) in [5.74, 6) is -2.80. The van der Waals surface area contributed by atoms with Crippen molar-refractivity contribution in [2.24, 2.45) is 11.8 Å². The molecule has 1 N–H and O–H groups in total. The van der Waals surface area contributed by atoms with Gasteiger partial charge in [0.1, 0.15) is 6.54 Å². The third-order valence-corrected chi connectivity index (χ3v) is 5.34. The van der Waals surface area contributed by atoms with Gasteiger partial charge in [-0.15, -0.1) is 0 Å². The second kappa shape index (κ2) is 8.56. The Bertz CT molecular complexity index is 812. The minimum Gasteiger partial charge on any atom is -0.451 e. The number of ether oxygens (including phenoxy) is 1. The van der Waals surface area contributed by atoms with Crippen LogP contribution >= 0.6 is 11.6 Å². The molecule has 8 heteroatoms. The molecule has 1 aliphatic heterocycles. The van der Waals surface area contributed by atoms with E-state index in [2.05, 4.69) is 5.32 Å². The zero-order valence-corrected chi connectivity index (χ0v) is 16.1. The molecular formula is C20H21ClN2O5. The van der Waals surface area contributed by atoms with Crippen LogP contribution in [0.3, 0.4) is 0 Å². The highest BCUT2D eigenvalue weighted by Crippen LogP contribution is 2.34. The van der Waals surface area contributed by atoms with E-state index in [0.29, 0.717) is 17.9 Å². The molecule has 1 heterocycles. The molecule has 3 atom stereocenters. The molecule has 0 bridgehead atoms. The summed E-state index contributed by atoms with van der Waals surface area (Å²) < 4.78 is 5.10. The summed E-state index contributed by atoms with van der Waals surface area (Å²) in [6, 6.07) is 7.07. The van der Waals surface area contributed by atoms with E-state index in [9.17, 15) is 19.2 Å². The molecule has 7 nitrogen and oxygen atoms in total. The van der Waals surface area contributed by atoms with Crippen molar-refractivity contribution in [3.63, 3.8) is 0 Å². The lowest BCUT2D eigenvalue weighted by Crippen LogP contribution is -2.40. The topological polar surface area (TPSA) is 92.8 Å². The van der Waals surface area contributed by atoms with Crippen LogP contribution in [-0.2, 0) is 30.5 Å². The molecule has 0 unspecified atom stereocenters. The van der Waals surface area contributed by atoms with Gasteiger partial charge in [0.2, 0.25) is 11.8 Å². The van der Waals surface area contributed by atoms with Gasteiger partial charge in [-0.2, -0.15) is 0 Å². The molecule has 3 amide bonds. The highest BCUT2D eigenvalue weighted by molar-refractivity contribution is 6.31. The summed E-state index contributed by atoms with van der Waals surface area (Å²) in [7, 11) is 0. The van der Waals surface area contributed by atoms with E-state index in [4.69, 9.17) is 16.3 Å². The number of carbonyl (C=O) groups excluding carboxylic acids is 4. The van der Waals surface area contributed by atoms with Crippen molar-refractivity contribution in [2.75, 3.05) is 6.54 Å². The lowest BCUT2D eigenvalue weighted by molar-refractivity contribution is -0.159. The predicted octanol–water partition coefficient (Wildman–Crippen LogP) is 1.84. The Morgan fingerprint density at radius 1 is 1.18 bits per heavy atom. The normalized spacial score (nSPS) is 22.0. The van der Waals surface area contributed by atoms with E-state index in [1.807, 2.05) is 12.2 Å². The number of carbonyl (C=O) groups is 4. The van der Waals surface area contributed by atoms with Crippen molar-refractivity contribution in [1.29, 1.82) is 0 Å². The number of rotatable bonds is 6. The van der Waals surface area contributed by atoms with Crippen LogP contribution < -0.4 is 5.32 Å². The number of nitrogens with one attached hydrogen (secondary N) is 1. The Kier molecular flexibility index (Phi) is 6.14. The molecule has 0 aromatic heterocycles. The number of imide groups is 1. The maximum atomic E-state index is 12.4. The number of likely N-dealkylation sites (tertiary alicyclic amines) is 1. The van der Waals surface area contributed by atoms with Crippen molar-refractivity contribution in [2.45, 2.75) is 32.4 Å². The lowest BCUT2D eigenvalue weighted by atomic mass is 9.85. The number of allylic oxidation sites excluding steroid dienone is 2. The number of benzene rings is 1. The van der Waals surface area contributed by atoms with Gasteiger partial charge >= 0.3 is 5.97 Å². The van der Waals surface area contributed by atoms with Gasteiger partial charge in [0.15, 0.2) is 6.10 Å². The van der Waals surface area contributed by atoms with Crippen LogP contribution in [0.1, 0.15) is 25.3 Å². The fraction of sp³-hybridized carbons (Fsp3) is 0.400. The van der Waals surface area contributed by atoms with E-state index < -0.39 is 36.4 Å². The predicted molar refractivity (Wildman–Crippen MR) is 101 cm³/mol. The zero-order valence-electron chi connectivity index (χ0n) is 15.4. The molecular weight excluding hydrogens is 384 g/mol. The Morgan fingerprint density at radius 2 is 1.79 bits per heavy atom. The third kappa shape index (κ3) is 4.25. The number of amides is 3. The molecule has 1 saturated heterocycles. The average molecular weight is 405 g/mol. The quantitative estimate of drug-likeness (QED) is 0.443. The highest BCUT2D eigenvalue weighted by atomic mass is 35.5. The molecule has 0 radical (unpaired) electrons. The number of hydrogen-bond donors (Lipinski definition) is 1. The Balaban J connectivity index is 1.50. The summed E-state index contributed by atoms with van der Waals surface area (Å²) in [5, 5.41) is 3.16. The van der Waals surface area contributed by atoms with Crippen LogP contribution in [0, 0.1) is 11.8 Å². The van der Waals surface area contributed by atoms with Crippen LogP contribution in [0.5, 0.6) is 0 Å². The maximum absolute atomic E-state index is 12.4. The minimum absolute atomic E-state index is 0.194. The number of esters is 1. The first-order chi connectivity index (χ1) is 13.4. The minimum atomic E-state index is -1.06. The monoisotopic (exact) mass is 404 g/mol. The van der Waals surface area contributed by atoms with Gasteiger partial charge in [0.25, 0.3) is 5.91 Å². The smallest absolute Gasteiger partial charge is 0.326 e. The Hall–Kier alpha value is -2.67. The van der Waals surface area contributed by atoms with Crippen LogP contribution in [0.25, 0.3) is 0 Å². The van der Waals surface area contributed by atoms with E-state index in [1.165, 1.54) is 6.92 Å². The van der Waals surface area contributed by atoms with Crippen molar-refractivity contribution in [3.8, 4) is 0 Å². The van der Waals surface area contributed by atoms with Gasteiger partial charge in [0.05, 0.1) is 11.8 Å². The number of halogens is 1. The van der Waals surface area contributed by atoms with Gasteiger partial charge in [-0.05, 0) is 31.4 Å². The van der Waals surface area contributed by atoms with Gasteiger partial charge in [0, 0.05) is 11.6 Å². The first kappa shape index (κ1) is 20.1. The zero-order chi connectivity index (χ0) is 20.3. The Labute approximate surface area is 167 Å². The first-order valence-electron chi connectivity index (χ1n) is 9.09. The van der Waals surface area contributed by atoms with Gasteiger partial charge in [-0.3, -0.25) is 24.1 Å². The first-order valence-corrected chi connectivity index (χ1v) is 9.47. The van der Waals surface area contributed by atoms with E-state index in [1.54, 1.807) is 24.3 Å². The van der Waals surface area contributed by atoms with Crippen molar-refractivity contribution >= 4 is 35.3 Å². The average Bonchev–Trinajstić information content (AvgIpc) is 2.92. The van der Waals surface area contributed by atoms with E-state index >= 15 is 0 Å². The van der Waals surface area contributed by atoms with Gasteiger partial charge in [-0.1, -0.05) is 42.0 Å². The van der Waals surface area contributed by atoms with Crippen LogP contribution in [0.2, 0.25) is 5.02 Å². The van der Waals surface area contributed by atoms with Crippen molar-refractivity contribution in [1.82, 2.24) is 10.2 Å². The summed E-state index contributed by atoms with van der Waals surface area (Å²) in [6.45, 7) is 1.14. The van der Waals surface area contributed by atoms with E-state index in [-0.39, 0.29) is 18.4 Å². The summed E-state index contributed by atoms with van der Waals surface area (Å²) in [6.07, 6.45) is 3.69. The van der Waals surface area contributed by atoms with Crippen molar-refractivity contribution < 1.29 is 23.9 Å². The van der Waals surface area contributed by atoms with E-state index in [0.717, 1.165) is 10.5 Å². The third-order valence-electron chi connectivity index (χ3n) is 4.97. The molecule has 0 saturated carbocycles. The number of nitrogens with zero attached hydrogens (tertiary/aromatic N) is 1. The molecule has 1 aromatic carbocycles. The summed E-state index contributed by atoms with van der Waals surface area (Å²) in [4.78, 5) is 50.0.